The Balaban J connectivity index is 1.87. The molecule has 2 atom stereocenters. The average molecular weight is 264 g/mol. The lowest BCUT2D eigenvalue weighted by atomic mass is 9.92. The highest BCUT2D eigenvalue weighted by Gasteiger charge is 2.28. The molecule has 0 radical (unpaired) electrons. The molecule has 1 aliphatic carbocycles. The fraction of sp³-hybridized carbons (Fsp3) is 0.867. The minimum absolute atomic E-state index is 0.796. The summed E-state index contributed by atoms with van der Waals surface area (Å²) in [5, 5.41) is 7.92. The van der Waals surface area contributed by atoms with Crippen LogP contribution in [0.2, 0.25) is 0 Å². The summed E-state index contributed by atoms with van der Waals surface area (Å²) in [5.74, 6) is 2.82. The van der Waals surface area contributed by atoms with Gasteiger partial charge in [0.1, 0.15) is 12.2 Å². The van der Waals surface area contributed by atoms with E-state index < -0.39 is 0 Å². The van der Waals surface area contributed by atoms with Gasteiger partial charge in [-0.05, 0) is 50.6 Å². The molecule has 0 spiro atoms. The second-order valence-corrected chi connectivity index (χ2v) is 5.76. The quantitative estimate of drug-likeness (QED) is 0.734. The Morgan fingerprint density at radius 2 is 2.11 bits per heavy atom. The maximum atomic E-state index is 4.46. The summed E-state index contributed by atoms with van der Waals surface area (Å²) in [6.07, 6.45) is 9.29. The Morgan fingerprint density at radius 3 is 2.89 bits per heavy atom. The second-order valence-electron chi connectivity index (χ2n) is 5.76. The lowest BCUT2D eigenvalue weighted by molar-refractivity contribution is 0.353. The van der Waals surface area contributed by atoms with Crippen LogP contribution in [0.25, 0.3) is 0 Å². The molecule has 0 aromatic carbocycles. The van der Waals surface area contributed by atoms with Crippen LogP contribution >= 0.6 is 0 Å². The lowest BCUT2D eigenvalue weighted by Gasteiger charge is -2.20. The third-order valence-corrected chi connectivity index (χ3v) is 4.23. The van der Waals surface area contributed by atoms with Gasteiger partial charge < -0.3 is 5.32 Å². The largest absolute Gasteiger partial charge is 0.316 e. The molecule has 0 saturated heterocycles. The standard InChI is InChI=1S/C15H28N4/c1-3-8-16-11-14-7-5-6-13(14)10-15-17-12-18-19(15)9-4-2/h12-14,16H,3-11H2,1-2H3. The Morgan fingerprint density at radius 1 is 1.26 bits per heavy atom. The topological polar surface area (TPSA) is 42.7 Å². The molecule has 1 heterocycles. The monoisotopic (exact) mass is 264 g/mol. The van der Waals surface area contributed by atoms with Gasteiger partial charge in [-0.25, -0.2) is 4.98 Å². The van der Waals surface area contributed by atoms with Crippen LogP contribution in [0.5, 0.6) is 0 Å². The number of rotatable bonds is 8. The van der Waals surface area contributed by atoms with Gasteiger partial charge in [-0.2, -0.15) is 5.10 Å². The summed E-state index contributed by atoms with van der Waals surface area (Å²) in [6, 6.07) is 0. The highest BCUT2D eigenvalue weighted by atomic mass is 15.3. The second kappa shape index (κ2) is 7.63. The smallest absolute Gasteiger partial charge is 0.138 e. The first-order valence-electron chi connectivity index (χ1n) is 7.92. The summed E-state index contributed by atoms with van der Waals surface area (Å²) in [5.41, 5.74) is 0. The molecule has 4 heteroatoms. The van der Waals surface area contributed by atoms with Crippen LogP contribution in [0.4, 0.5) is 0 Å². The molecule has 0 bridgehead atoms. The first-order valence-corrected chi connectivity index (χ1v) is 7.92. The number of nitrogens with one attached hydrogen (secondary N) is 1. The molecule has 0 aliphatic heterocycles. The Kier molecular flexibility index (Phi) is 5.83. The van der Waals surface area contributed by atoms with Crippen LogP contribution in [0, 0.1) is 11.8 Å². The molecule has 1 saturated carbocycles. The van der Waals surface area contributed by atoms with Gasteiger partial charge in [0, 0.05) is 13.0 Å². The van der Waals surface area contributed by atoms with Crippen molar-refractivity contribution in [2.75, 3.05) is 13.1 Å². The van der Waals surface area contributed by atoms with Gasteiger partial charge in [-0.15, -0.1) is 0 Å². The van der Waals surface area contributed by atoms with Crippen LogP contribution in [-0.2, 0) is 13.0 Å². The van der Waals surface area contributed by atoms with E-state index in [0.717, 1.165) is 37.8 Å². The number of hydrogen-bond acceptors (Lipinski definition) is 3. The molecule has 1 N–H and O–H groups in total. The van der Waals surface area contributed by atoms with E-state index in [0.29, 0.717) is 0 Å². The SMILES string of the molecule is CCCNCC1CCCC1Cc1ncnn1CCC. The van der Waals surface area contributed by atoms with Crippen molar-refractivity contribution in [2.45, 2.75) is 58.9 Å². The zero-order valence-electron chi connectivity index (χ0n) is 12.4. The third kappa shape index (κ3) is 4.03. The number of hydrogen-bond donors (Lipinski definition) is 1. The van der Waals surface area contributed by atoms with Gasteiger partial charge in [-0.1, -0.05) is 20.3 Å². The van der Waals surface area contributed by atoms with Crippen molar-refractivity contribution in [1.29, 1.82) is 0 Å². The van der Waals surface area contributed by atoms with Gasteiger partial charge >= 0.3 is 0 Å². The normalized spacial score (nSPS) is 23.1. The van der Waals surface area contributed by atoms with E-state index in [1.165, 1.54) is 38.1 Å². The van der Waals surface area contributed by atoms with Crippen molar-refractivity contribution in [1.82, 2.24) is 20.1 Å². The fourth-order valence-corrected chi connectivity index (χ4v) is 3.19. The summed E-state index contributed by atoms with van der Waals surface area (Å²) in [6.45, 7) is 7.75. The van der Waals surface area contributed by atoms with Crippen molar-refractivity contribution in [3.05, 3.63) is 12.2 Å². The highest BCUT2D eigenvalue weighted by molar-refractivity contribution is 4.92. The zero-order valence-corrected chi connectivity index (χ0v) is 12.4. The summed E-state index contributed by atoms with van der Waals surface area (Å²) in [7, 11) is 0. The number of nitrogens with zero attached hydrogens (tertiary/aromatic N) is 3. The molecule has 0 amide bonds. The predicted molar refractivity (Wildman–Crippen MR) is 78.0 cm³/mol. The maximum absolute atomic E-state index is 4.46. The molecule has 2 rings (SSSR count). The van der Waals surface area contributed by atoms with Crippen molar-refractivity contribution in [3.63, 3.8) is 0 Å². The van der Waals surface area contributed by atoms with E-state index >= 15 is 0 Å². The first kappa shape index (κ1) is 14.5. The lowest BCUT2D eigenvalue weighted by Crippen LogP contribution is -2.27. The summed E-state index contributed by atoms with van der Waals surface area (Å²) < 4.78 is 2.09. The van der Waals surface area contributed by atoms with Gasteiger partial charge in [0.2, 0.25) is 0 Å². The molecular formula is C15H28N4. The van der Waals surface area contributed by atoms with Gasteiger partial charge in [0.15, 0.2) is 0 Å². The van der Waals surface area contributed by atoms with E-state index in [2.05, 4.69) is 33.9 Å². The molecule has 1 aromatic rings. The average Bonchev–Trinajstić information content (AvgIpc) is 3.02. The number of aryl methyl sites for hydroxylation is 1. The van der Waals surface area contributed by atoms with Crippen LogP contribution in [0.3, 0.4) is 0 Å². The maximum Gasteiger partial charge on any atom is 0.138 e. The number of aromatic nitrogens is 3. The van der Waals surface area contributed by atoms with Crippen LogP contribution in [0.1, 0.15) is 51.8 Å². The van der Waals surface area contributed by atoms with E-state index in [1.54, 1.807) is 6.33 Å². The van der Waals surface area contributed by atoms with Crippen LogP contribution < -0.4 is 5.32 Å². The minimum Gasteiger partial charge on any atom is -0.316 e. The summed E-state index contributed by atoms with van der Waals surface area (Å²) >= 11 is 0. The van der Waals surface area contributed by atoms with Gasteiger partial charge in [-0.3, -0.25) is 4.68 Å². The third-order valence-electron chi connectivity index (χ3n) is 4.23. The van der Waals surface area contributed by atoms with E-state index in [1.807, 2.05) is 0 Å². The Hall–Kier alpha value is -0.900. The predicted octanol–water partition coefficient (Wildman–Crippen LogP) is 2.65. The van der Waals surface area contributed by atoms with E-state index in [9.17, 15) is 0 Å². The molecule has 4 nitrogen and oxygen atoms in total. The molecular weight excluding hydrogens is 236 g/mol. The van der Waals surface area contributed by atoms with Crippen LogP contribution in [0.15, 0.2) is 6.33 Å². The van der Waals surface area contributed by atoms with Gasteiger partial charge in [0.05, 0.1) is 0 Å². The zero-order chi connectivity index (χ0) is 13.5. The molecule has 1 aromatic heterocycles. The first-order chi connectivity index (χ1) is 9.35. The van der Waals surface area contributed by atoms with Crippen molar-refractivity contribution in [3.8, 4) is 0 Å². The molecule has 19 heavy (non-hydrogen) atoms. The Labute approximate surface area is 117 Å². The van der Waals surface area contributed by atoms with Gasteiger partial charge in [0.25, 0.3) is 0 Å². The van der Waals surface area contributed by atoms with Crippen molar-refractivity contribution in [2.24, 2.45) is 11.8 Å². The van der Waals surface area contributed by atoms with E-state index in [4.69, 9.17) is 0 Å². The van der Waals surface area contributed by atoms with Crippen LogP contribution in [-0.4, -0.2) is 27.9 Å². The Bertz CT molecular complexity index is 361. The van der Waals surface area contributed by atoms with Crippen molar-refractivity contribution < 1.29 is 0 Å². The highest BCUT2D eigenvalue weighted by Crippen LogP contribution is 2.33. The molecule has 1 fully saturated rings. The molecule has 1 aliphatic rings. The summed E-state index contributed by atoms with van der Waals surface area (Å²) in [4.78, 5) is 4.46. The molecule has 108 valence electrons. The minimum atomic E-state index is 0.796. The fourth-order valence-electron chi connectivity index (χ4n) is 3.19. The van der Waals surface area contributed by atoms with Crippen molar-refractivity contribution >= 4 is 0 Å². The van der Waals surface area contributed by atoms with E-state index in [-0.39, 0.29) is 0 Å². The molecule has 2 unspecified atom stereocenters.